The van der Waals surface area contributed by atoms with Crippen LogP contribution in [-0.4, -0.2) is 109 Å². The van der Waals surface area contributed by atoms with Gasteiger partial charge in [0.1, 0.15) is 6.23 Å². The Bertz CT molecular complexity index is 2530. The molecule has 13 rings (SSSR count). The number of aliphatic hydroxyl groups is 5. The van der Waals surface area contributed by atoms with Crippen molar-refractivity contribution in [3.05, 3.63) is 52.7 Å². The quantitative estimate of drug-likeness (QED) is 0.0453. The minimum atomic E-state index is -1.39. The molecule has 8 saturated carbocycles. The Labute approximate surface area is 448 Å². The molecule has 6 bridgehead atoms. The number of aromatic nitrogens is 2. The Morgan fingerprint density at radius 1 is 0.946 bits per heavy atom. The van der Waals surface area contributed by atoms with E-state index in [1.165, 1.54) is 51.4 Å². The van der Waals surface area contributed by atoms with Gasteiger partial charge in [0.25, 0.3) is 0 Å². The van der Waals surface area contributed by atoms with E-state index in [9.17, 15) is 25.5 Å². The lowest BCUT2D eigenvalue weighted by Crippen LogP contribution is -2.70. The lowest BCUT2D eigenvalue weighted by molar-refractivity contribution is -0.200. The first-order valence-corrected chi connectivity index (χ1v) is 32.0. The number of nitrogens with zero attached hydrogens (tertiary/aromatic N) is 3. The molecule has 12 aliphatic rings. The summed E-state index contributed by atoms with van der Waals surface area (Å²) in [5.74, 6) is 2.24. The number of rotatable bonds is 6. The van der Waals surface area contributed by atoms with Gasteiger partial charge in [-0.1, -0.05) is 78.0 Å². The van der Waals surface area contributed by atoms with Gasteiger partial charge in [-0.05, 0) is 185 Å². The minimum absolute atomic E-state index is 0.0301. The van der Waals surface area contributed by atoms with Crippen molar-refractivity contribution in [2.75, 3.05) is 31.6 Å². The van der Waals surface area contributed by atoms with E-state index < -0.39 is 52.8 Å². The molecule has 0 aromatic carbocycles. The smallest absolute Gasteiger partial charge is 0.190 e. The van der Waals surface area contributed by atoms with Crippen LogP contribution in [-0.2, 0) is 4.79 Å². The normalized spacial score (nSPS) is 50.4. The van der Waals surface area contributed by atoms with Crippen LogP contribution in [0.5, 0.6) is 0 Å². The number of guanidine groups is 1. The molecule has 1 aromatic rings. The largest absolute Gasteiger partial charge is 0.392 e. The van der Waals surface area contributed by atoms with E-state index in [1.54, 1.807) is 29.2 Å². The highest BCUT2D eigenvalue weighted by atomic mass is 33.1. The third-order valence-electron chi connectivity index (χ3n) is 24.6. The zero-order valence-electron chi connectivity index (χ0n) is 45.1. The monoisotopic (exact) mass is 1050 g/mol. The van der Waals surface area contributed by atoms with Gasteiger partial charge < -0.3 is 46.5 Å². The van der Waals surface area contributed by atoms with Crippen LogP contribution in [0.15, 0.2) is 57.7 Å². The van der Waals surface area contributed by atoms with E-state index in [0.29, 0.717) is 42.0 Å². The molecule has 9 fully saturated rings. The molecule has 406 valence electrons. The molecule has 11 aliphatic carbocycles. The van der Waals surface area contributed by atoms with Crippen LogP contribution in [0.3, 0.4) is 0 Å². The molecular weight excluding hydrogens is 965 g/mol. The average molecular weight is 1050 g/mol. The number of fused-ring (bicyclic) bond motifs is 10. The number of carbonyl (C=O) groups excluding carboxylic acids is 1. The summed E-state index contributed by atoms with van der Waals surface area (Å²) in [7, 11) is 5.64. The summed E-state index contributed by atoms with van der Waals surface area (Å²) in [4.78, 5) is 25.1. The van der Waals surface area contributed by atoms with E-state index in [0.717, 1.165) is 55.8 Å². The van der Waals surface area contributed by atoms with Gasteiger partial charge in [0.2, 0.25) is 0 Å². The number of carbonyl (C=O) groups is 1. The fourth-order valence-corrected chi connectivity index (χ4v) is 25.4. The van der Waals surface area contributed by atoms with Gasteiger partial charge in [-0.15, -0.1) is 0 Å². The number of imidazole rings is 1. The predicted molar refractivity (Wildman–Crippen MR) is 292 cm³/mol. The molecular formula is C60H88N6O6S2. The third-order valence-corrected chi connectivity index (χ3v) is 27.1. The van der Waals surface area contributed by atoms with E-state index in [-0.39, 0.29) is 77.0 Å². The molecule has 2 heterocycles. The highest BCUT2D eigenvalue weighted by molar-refractivity contribution is 8.76. The van der Waals surface area contributed by atoms with Gasteiger partial charge in [-0.25, -0.2) is 4.98 Å². The fraction of sp³-hybridized carbons (Fsp3) is 0.817. The highest BCUT2D eigenvalue weighted by Gasteiger charge is 2.78. The van der Waals surface area contributed by atoms with Crippen molar-refractivity contribution >= 4 is 33.3 Å². The molecule has 0 unspecified atom stereocenters. The van der Waals surface area contributed by atoms with E-state index >= 15 is 4.79 Å². The Kier molecular flexibility index (Phi) is 12.6. The summed E-state index contributed by atoms with van der Waals surface area (Å²) < 4.78 is 2.35. The first-order valence-electron chi connectivity index (χ1n) is 29.5. The molecule has 1 aliphatic heterocycles. The van der Waals surface area contributed by atoms with Gasteiger partial charge >= 0.3 is 0 Å². The number of aliphatic imine (C=N–C) groups is 1. The molecule has 74 heavy (non-hydrogen) atoms. The maximum Gasteiger partial charge on any atom is 0.190 e. The van der Waals surface area contributed by atoms with E-state index in [1.807, 2.05) is 47.2 Å². The summed E-state index contributed by atoms with van der Waals surface area (Å²) >= 11 is 0. The van der Waals surface area contributed by atoms with Crippen LogP contribution in [0, 0.1) is 105 Å². The highest BCUT2D eigenvalue weighted by Crippen LogP contribution is 2.79. The summed E-state index contributed by atoms with van der Waals surface area (Å²) in [5.41, 5.74) is 11.3. The van der Waals surface area contributed by atoms with Crippen LogP contribution in [0.25, 0.3) is 0 Å². The van der Waals surface area contributed by atoms with Crippen molar-refractivity contribution in [2.24, 2.45) is 115 Å². The number of allylic oxidation sites excluding steroid dienone is 3. The van der Waals surface area contributed by atoms with Crippen molar-refractivity contribution in [2.45, 2.75) is 167 Å². The van der Waals surface area contributed by atoms with Gasteiger partial charge in [0.15, 0.2) is 11.7 Å². The standard InChI is InChI=1S/C60H88N6O6S2/c1-30(67)65-55(61)64-26-39-41-15-14-36-35-10-7-11-37-46(35)48-52(38-19-31-12-13-32-9-8-16-59(32,22-31)49(37)38)56(2,3)23-34(66-18-17-63-29-66)28-74-73-27-33-20-42(47(36)54(48)71)58(41,5)60(33,72)43-21-44(68)51-40(25-62-6)53(70)45(69)24-57(51,4)50(39)43/h17-18,21,29-36,39-42,45,47-51,53-54,62,67,69-72H,7-16,19-20,22-28H2,1-6H3,(H3,61,64,65)/t30-,31+,32-,33-,34-,35+,36-,39-,40-,41+,42-,45+,47+,48-,49+,50+,51+,53-,54+,57-,58-,59-,60-/m1/s1. The molecule has 0 amide bonds. The number of hydrogen-bond donors (Lipinski definition) is 8. The number of ketones is 1. The Hall–Kier alpha value is -2.17. The summed E-state index contributed by atoms with van der Waals surface area (Å²) in [6.45, 7) is 12.0. The summed E-state index contributed by atoms with van der Waals surface area (Å²) in [6.07, 6.45) is 20.9. The van der Waals surface area contributed by atoms with Gasteiger partial charge in [-0.2, -0.15) is 0 Å². The average Bonchev–Trinajstić information content (AvgIpc) is 4.16. The van der Waals surface area contributed by atoms with Crippen LogP contribution in [0.1, 0.15) is 137 Å². The summed E-state index contributed by atoms with van der Waals surface area (Å²) in [5, 5.41) is 69.7. The summed E-state index contributed by atoms with van der Waals surface area (Å²) in [6, 6.07) is 0.181. The molecule has 1 spiro atoms. The maximum atomic E-state index is 15.4. The lowest BCUT2D eigenvalue weighted by atomic mass is 9.38. The van der Waals surface area contributed by atoms with Crippen LogP contribution >= 0.6 is 21.6 Å². The molecule has 23 atom stereocenters. The maximum absolute atomic E-state index is 15.4. The second kappa shape index (κ2) is 18.2. The van der Waals surface area contributed by atoms with Crippen LogP contribution in [0.2, 0.25) is 0 Å². The molecule has 1 saturated heterocycles. The van der Waals surface area contributed by atoms with Gasteiger partial charge in [0.05, 0.1) is 30.2 Å². The van der Waals surface area contributed by atoms with Crippen molar-refractivity contribution in [3.63, 3.8) is 0 Å². The van der Waals surface area contributed by atoms with E-state index in [2.05, 4.69) is 54.1 Å². The zero-order valence-corrected chi connectivity index (χ0v) is 46.7. The van der Waals surface area contributed by atoms with Crippen molar-refractivity contribution in [1.82, 2.24) is 20.2 Å². The molecule has 0 radical (unpaired) electrons. The van der Waals surface area contributed by atoms with Crippen molar-refractivity contribution in [1.29, 1.82) is 0 Å². The Morgan fingerprint density at radius 3 is 2.53 bits per heavy atom. The Balaban J connectivity index is 1.04. The van der Waals surface area contributed by atoms with Crippen LogP contribution < -0.4 is 16.4 Å². The number of hydrogen-bond acceptors (Lipinski definition) is 11. The molecule has 9 N–H and O–H groups in total. The minimum Gasteiger partial charge on any atom is -0.392 e. The van der Waals surface area contributed by atoms with Crippen molar-refractivity contribution < 1.29 is 30.3 Å². The lowest BCUT2D eigenvalue weighted by Gasteiger charge is -2.67. The van der Waals surface area contributed by atoms with Crippen molar-refractivity contribution in [3.8, 4) is 0 Å². The zero-order chi connectivity index (χ0) is 51.6. The van der Waals surface area contributed by atoms with E-state index in [4.69, 9.17) is 10.7 Å². The number of nitrogens with two attached hydrogens (primary N) is 1. The third kappa shape index (κ3) is 7.04. The first-order chi connectivity index (χ1) is 35.4. The SMILES string of the molecule is CNC[C@H]1[C@@H](O)[C@@H](O)C[C@@]2(C)[C@@H]1C(=O)C=C1[C@@H]2[C@H](CN=C(N)N[C@@H](C)O)[C@@H]2CC[C@H]3[C@@H]4[C@H](O)[C@@H]5C6=C(CCC[C@H]63)[C@H]3C(=C5C(C)(C)C[C@@H](n5ccnc5)CSSC[C@H]5C[C@H]4[C@]2(C)[C@]15O)C[C@@H]1CC[C@H]2CCC[C@@]23C1. The topological polar surface area (TPSA) is 198 Å². The first kappa shape index (κ1) is 51.3. The number of nitrogens with one attached hydrogen (secondary N) is 2. The molecule has 1 aromatic heterocycles. The fourth-order valence-electron chi connectivity index (χ4n) is 22.7. The number of aliphatic hydroxyl groups excluding tert-OH is 4. The molecule has 12 nitrogen and oxygen atoms in total. The predicted octanol–water partition coefficient (Wildman–Crippen LogP) is 7.84. The second-order valence-electron chi connectivity index (χ2n) is 28.0. The molecule has 14 heteroatoms. The van der Waals surface area contributed by atoms with Gasteiger partial charge in [-0.3, -0.25) is 9.79 Å². The van der Waals surface area contributed by atoms with Gasteiger partial charge in [0, 0.05) is 78.0 Å². The van der Waals surface area contributed by atoms with Crippen LogP contribution in [0.4, 0.5) is 0 Å². The Morgan fingerprint density at radius 2 is 1.76 bits per heavy atom. The second-order valence-corrected chi connectivity index (χ2v) is 30.5.